The van der Waals surface area contributed by atoms with E-state index in [2.05, 4.69) is 29.2 Å². The van der Waals surface area contributed by atoms with E-state index in [9.17, 15) is 4.79 Å². The van der Waals surface area contributed by atoms with E-state index in [0.717, 1.165) is 39.8 Å². The number of likely N-dealkylation sites (N-methyl/N-ethyl adjacent to an activating group) is 1. The second kappa shape index (κ2) is 8.33. The summed E-state index contributed by atoms with van der Waals surface area (Å²) in [6, 6.07) is 16.2. The molecule has 1 aromatic heterocycles. The van der Waals surface area contributed by atoms with Crippen LogP contribution in [0.1, 0.15) is 32.9 Å². The first kappa shape index (κ1) is 19.6. The number of thioether (sulfide) groups is 1. The molecule has 0 spiro atoms. The van der Waals surface area contributed by atoms with Crippen molar-refractivity contribution in [1.29, 1.82) is 0 Å². The Morgan fingerprint density at radius 3 is 2.66 bits per heavy atom. The van der Waals surface area contributed by atoms with Crippen molar-refractivity contribution >= 4 is 23.4 Å². The van der Waals surface area contributed by atoms with Crippen LogP contribution in [0.4, 0.5) is 5.69 Å². The summed E-state index contributed by atoms with van der Waals surface area (Å²) in [5.74, 6) is 1.65. The Kier molecular flexibility index (Phi) is 5.62. The van der Waals surface area contributed by atoms with Crippen LogP contribution in [0.25, 0.3) is 0 Å². The molecule has 0 atom stereocenters. The Labute approximate surface area is 175 Å². The molecular formula is C23H25N3O2S. The Balaban J connectivity index is 1.56. The van der Waals surface area contributed by atoms with Gasteiger partial charge in [-0.15, -0.1) is 11.8 Å². The summed E-state index contributed by atoms with van der Waals surface area (Å²) in [6.45, 7) is 6.03. The quantitative estimate of drug-likeness (QED) is 0.588. The molecule has 1 amide bonds. The van der Waals surface area contributed by atoms with Gasteiger partial charge in [-0.25, -0.2) is 0 Å². The number of para-hydroxylation sites is 1. The average molecular weight is 408 g/mol. The number of aromatic nitrogens is 1. The van der Waals surface area contributed by atoms with Gasteiger partial charge in [0.2, 0.25) is 0 Å². The number of carbonyl (C=O) groups excluding carboxylic acids is 1. The fourth-order valence-corrected chi connectivity index (χ4v) is 4.86. The molecule has 0 saturated heterocycles. The molecule has 3 aromatic rings. The van der Waals surface area contributed by atoms with E-state index in [1.807, 2.05) is 55.1 Å². The van der Waals surface area contributed by atoms with E-state index in [1.54, 1.807) is 11.8 Å². The summed E-state index contributed by atoms with van der Waals surface area (Å²) < 4.78 is 5.27. The van der Waals surface area contributed by atoms with Crippen LogP contribution in [0.5, 0.6) is 0 Å². The molecule has 0 unspecified atom stereocenters. The number of benzene rings is 2. The average Bonchev–Trinajstić information content (AvgIpc) is 2.96. The maximum atomic E-state index is 13.4. The van der Waals surface area contributed by atoms with Gasteiger partial charge < -0.3 is 14.3 Å². The van der Waals surface area contributed by atoms with Crippen molar-refractivity contribution in [2.45, 2.75) is 31.0 Å². The predicted octanol–water partition coefficient (Wildman–Crippen LogP) is 4.68. The van der Waals surface area contributed by atoms with Crippen LogP contribution < -0.4 is 4.90 Å². The summed E-state index contributed by atoms with van der Waals surface area (Å²) in [7, 11) is 2.08. The van der Waals surface area contributed by atoms with Crippen LogP contribution in [0.15, 0.2) is 57.9 Å². The molecule has 2 aromatic carbocycles. The molecule has 6 heteroatoms. The molecule has 0 fully saturated rings. The molecule has 0 radical (unpaired) electrons. The normalized spacial score (nSPS) is 13.9. The van der Waals surface area contributed by atoms with Crippen LogP contribution in [-0.4, -0.2) is 36.1 Å². The van der Waals surface area contributed by atoms with Gasteiger partial charge in [0.25, 0.3) is 5.91 Å². The van der Waals surface area contributed by atoms with Crippen molar-refractivity contribution in [2.24, 2.45) is 0 Å². The van der Waals surface area contributed by atoms with Crippen LogP contribution in [-0.2, 0) is 12.3 Å². The molecule has 0 N–H and O–H groups in total. The SMILES string of the molecule is Cc1noc(C)c1CSc1ccccc1C(=O)N1CCN(C)c2ccccc2C1. The molecule has 1 aliphatic heterocycles. The third-order valence-corrected chi connectivity index (χ3v) is 6.53. The Hall–Kier alpha value is -2.73. The van der Waals surface area contributed by atoms with Gasteiger partial charge in [-0.1, -0.05) is 35.5 Å². The van der Waals surface area contributed by atoms with Crippen LogP contribution >= 0.6 is 11.8 Å². The third-order valence-electron chi connectivity index (χ3n) is 5.43. The van der Waals surface area contributed by atoms with Crippen molar-refractivity contribution in [3.63, 3.8) is 0 Å². The maximum absolute atomic E-state index is 13.4. The summed E-state index contributed by atoms with van der Waals surface area (Å²) in [5, 5.41) is 4.03. The number of amides is 1. The van der Waals surface area contributed by atoms with Crippen molar-refractivity contribution in [3.8, 4) is 0 Å². The van der Waals surface area contributed by atoms with E-state index in [-0.39, 0.29) is 5.91 Å². The predicted molar refractivity (Wildman–Crippen MR) is 116 cm³/mol. The van der Waals surface area contributed by atoms with Gasteiger partial charge in [-0.3, -0.25) is 4.79 Å². The molecular weight excluding hydrogens is 382 g/mol. The first-order valence-electron chi connectivity index (χ1n) is 9.76. The van der Waals surface area contributed by atoms with Gasteiger partial charge in [0.15, 0.2) is 0 Å². The molecule has 2 heterocycles. The van der Waals surface area contributed by atoms with Gasteiger partial charge in [-0.05, 0) is 37.6 Å². The minimum absolute atomic E-state index is 0.0805. The lowest BCUT2D eigenvalue weighted by Crippen LogP contribution is -2.34. The smallest absolute Gasteiger partial charge is 0.255 e. The van der Waals surface area contributed by atoms with Crippen molar-refractivity contribution < 1.29 is 9.32 Å². The largest absolute Gasteiger partial charge is 0.373 e. The van der Waals surface area contributed by atoms with Gasteiger partial charge in [0.1, 0.15) is 5.76 Å². The fraction of sp³-hybridized carbons (Fsp3) is 0.304. The van der Waals surface area contributed by atoms with Crippen molar-refractivity contribution in [1.82, 2.24) is 10.1 Å². The number of nitrogens with zero attached hydrogens (tertiary/aromatic N) is 3. The molecule has 150 valence electrons. The highest BCUT2D eigenvalue weighted by atomic mass is 32.2. The molecule has 0 saturated carbocycles. The van der Waals surface area contributed by atoms with Crippen LogP contribution in [0, 0.1) is 13.8 Å². The number of rotatable bonds is 4. The molecule has 4 rings (SSSR count). The van der Waals surface area contributed by atoms with Gasteiger partial charge in [0.05, 0.1) is 11.3 Å². The van der Waals surface area contributed by atoms with Gasteiger partial charge >= 0.3 is 0 Å². The van der Waals surface area contributed by atoms with E-state index in [0.29, 0.717) is 13.1 Å². The lowest BCUT2D eigenvalue weighted by atomic mass is 10.1. The maximum Gasteiger partial charge on any atom is 0.255 e. The minimum atomic E-state index is 0.0805. The van der Waals surface area contributed by atoms with E-state index < -0.39 is 0 Å². The molecule has 5 nitrogen and oxygen atoms in total. The topological polar surface area (TPSA) is 49.6 Å². The highest BCUT2D eigenvalue weighted by molar-refractivity contribution is 7.98. The second-order valence-electron chi connectivity index (χ2n) is 7.36. The highest BCUT2D eigenvalue weighted by Crippen LogP contribution is 2.31. The van der Waals surface area contributed by atoms with Crippen molar-refractivity contribution in [3.05, 3.63) is 76.7 Å². The van der Waals surface area contributed by atoms with E-state index >= 15 is 0 Å². The number of aryl methyl sites for hydroxylation is 2. The number of fused-ring (bicyclic) bond motifs is 1. The van der Waals surface area contributed by atoms with E-state index in [4.69, 9.17) is 4.52 Å². The van der Waals surface area contributed by atoms with Crippen molar-refractivity contribution in [2.75, 3.05) is 25.0 Å². The van der Waals surface area contributed by atoms with Crippen LogP contribution in [0.3, 0.4) is 0 Å². The first-order valence-corrected chi connectivity index (χ1v) is 10.7. The zero-order valence-corrected chi connectivity index (χ0v) is 17.8. The lowest BCUT2D eigenvalue weighted by molar-refractivity contribution is 0.0748. The summed E-state index contributed by atoms with van der Waals surface area (Å²) >= 11 is 1.66. The molecule has 1 aliphatic rings. The number of hydrogen-bond acceptors (Lipinski definition) is 5. The number of carbonyl (C=O) groups is 1. The lowest BCUT2D eigenvalue weighted by Gasteiger charge is -2.22. The summed E-state index contributed by atoms with van der Waals surface area (Å²) in [6.07, 6.45) is 0. The highest BCUT2D eigenvalue weighted by Gasteiger charge is 2.24. The molecule has 0 bridgehead atoms. The Bertz CT molecular complexity index is 1010. The minimum Gasteiger partial charge on any atom is -0.373 e. The Morgan fingerprint density at radius 1 is 1.10 bits per heavy atom. The standard InChI is InChI=1S/C23H25N3O2S/c1-16-20(17(2)28-24-16)15-29-22-11-7-5-9-19(22)23(27)26-13-12-25(3)21-10-6-4-8-18(21)14-26/h4-11H,12-15H2,1-3H3. The fourth-order valence-electron chi connectivity index (χ4n) is 3.66. The summed E-state index contributed by atoms with van der Waals surface area (Å²) in [5.41, 5.74) is 5.14. The number of anilines is 1. The number of hydrogen-bond donors (Lipinski definition) is 0. The molecule has 29 heavy (non-hydrogen) atoms. The van der Waals surface area contributed by atoms with Gasteiger partial charge in [0, 0.05) is 48.6 Å². The Morgan fingerprint density at radius 2 is 1.86 bits per heavy atom. The summed E-state index contributed by atoms with van der Waals surface area (Å²) in [4.78, 5) is 18.6. The molecule has 0 aliphatic carbocycles. The first-order chi connectivity index (χ1) is 14.0. The van der Waals surface area contributed by atoms with Gasteiger partial charge in [-0.2, -0.15) is 0 Å². The van der Waals surface area contributed by atoms with Crippen LogP contribution in [0.2, 0.25) is 0 Å². The monoisotopic (exact) mass is 407 g/mol. The second-order valence-corrected chi connectivity index (χ2v) is 8.38. The zero-order chi connectivity index (χ0) is 20.4. The zero-order valence-electron chi connectivity index (χ0n) is 17.0. The third kappa shape index (κ3) is 4.03. The van der Waals surface area contributed by atoms with E-state index in [1.165, 1.54) is 11.3 Å².